The Hall–Kier alpha value is -3.36. The molecular formula is C19H19F3N4O2. The van der Waals surface area contributed by atoms with E-state index in [2.05, 4.69) is 14.8 Å². The molecule has 0 spiro atoms. The highest BCUT2D eigenvalue weighted by Gasteiger charge is 2.30. The van der Waals surface area contributed by atoms with Gasteiger partial charge in [0.1, 0.15) is 12.1 Å². The standard InChI is InChI=1S/C17H13F3N4O2.C2H6/c18-17(19,20)26-14-7-5-13(6-8-14)24-10-22-16(23-24)12-3-1-11(2-4-12)9-15(21)25;1-2/h1-8,10H,9H2,(H2,21,25);1-2H3. The molecule has 6 nitrogen and oxygen atoms in total. The Morgan fingerprint density at radius 1 is 1.07 bits per heavy atom. The largest absolute Gasteiger partial charge is 0.573 e. The summed E-state index contributed by atoms with van der Waals surface area (Å²) in [6, 6.07) is 12.3. The lowest BCUT2D eigenvalue weighted by Crippen LogP contribution is -2.17. The van der Waals surface area contributed by atoms with E-state index in [1.807, 2.05) is 13.8 Å². The molecule has 0 bridgehead atoms. The first-order valence-electron chi connectivity index (χ1n) is 8.46. The van der Waals surface area contributed by atoms with E-state index < -0.39 is 12.3 Å². The minimum Gasteiger partial charge on any atom is -0.406 e. The number of halogens is 3. The third kappa shape index (κ3) is 5.83. The predicted molar refractivity (Wildman–Crippen MR) is 97.7 cm³/mol. The number of amides is 1. The highest BCUT2D eigenvalue weighted by atomic mass is 19.4. The van der Waals surface area contributed by atoms with Crippen LogP contribution in [0.25, 0.3) is 17.1 Å². The molecule has 1 heterocycles. The summed E-state index contributed by atoms with van der Waals surface area (Å²) < 4.78 is 41.8. The molecule has 1 aromatic heterocycles. The molecule has 28 heavy (non-hydrogen) atoms. The Bertz CT molecular complexity index is 904. The Kier molecular flexibility index (Phi) is 6.75. The highest BCUT2D eigenvalue weighted by molar-refractivity contribution is 5.76. The molecule has 0 radical (unpaired) electrons. The van der Waals surface area contributed by atoms with Crippen LogP contribution in [-0.2, 0) is 11.2 Å². The lowest BCUT2D eigenvalue weighted by molar-refractivity contribution is -0.274. The first-order chi connectivity index (χ1) is 13.3. The van der Waals surface area contributed by atoms with Crippen molar-refractivity contribution in [2.75, 3.05) is 0 Å². The molecule has 1 amide bonds. The van der Waals surface area contributed by atoms with Crippen molar-refractivity contribution in [3.8, 4) is 22.8 Å². The number of nitrogens with zero attached hydrogens (tertiary/aromatic N) is 3. The fraction of sp³-hybridized carbons (Fsp3) is 0.211. The SMILES string of the molecule is CC.NC(=O)Cc1ccc(-c2ncn(-c3ccc(OC(F)(F)F)cc3)n2)cc1. The Morgan fingerprint density at radius 2 is 1.68 bits per heavy atom. The van der Waals surface area contributed by atoms with Gasteiger partial charge in [-0.25, -0.2) is 9.67 Å². The normalized spacial score (nSPS) is 10.8. The van der Waals surface area contributed by atoms with Crippen molar-refractivity contribution in [2.24, 2.45) is 5.73 Å². The fourth-order valence-electron chi connectivity index (χ4n) is 2.29. The first-order valence-corrected chi connectivity index (χ1v) is 8.46. The third-order valence-electron chi connectivity index (χ3n) is 3.42. The van der Waals surface area contributed by atoms with Crippen LogP contribution in [0.15, 0.2) is 54.9 Å². The third-order valence-corrected chi connectivity index (χ3v) is 3.42. The van der Waals surface area contributed by atoms with Crippen molar-refractivity contribution in [3.05, 3.63) is 60.4 Å². The van der Waals surface area contributed by atoms with Crippen molar-refractivity contribution in [3.63, 3.8) is 0 Å². The van der Waals surface area contributed by atoms with E-state index in [-0.39, 0.29) is 12.2 Å². The Labute approximate surface area is 159 Å². The molecule has 0 aliphatic heterocycles. The van der Waals surface area contributed by atoms with Gasteiger partial charge in [0.2, 0.25) is 5.91 Å². The number of hydrogen-bond donors (Lipinski definition) is 1. The van der Waals surface area contributed by atoms with E-state index in [9.17, 15) is 18.0 Å². The fourth-order valence-corrected chi connectivity index (χ4v) is 2.29. The minimum atomic E-state index is -4.73. The number of ether oxygens (including phenoxy) is 1. The zero-order chi connectivity index (χ0) is 20.7. The van der Waals surface area contributed by atoms with Gasteiger partial charge in [0.25, 0.3) is 0 Å². The summed E-state index contributed by atoms with van der Waals surface area (Å²) >= 11 is 0. The molecule has 0 unspecified atom stereocenters. The maximum atomic E-state index is 12.2. The molecule has 0 aliphatic rings. The van der Waals surface area contributed by atoms with E-state index in [0.29, 0.717) is 11.5 Å². The molecule has 3 rings (SSSR count). The number of rotatable bonds is 5. The first kappa shape index (κ1) is 20.9. The van der Waals surface area contributed by atoms with Crippen molar-refractivity contribution in [2.45, 2.75) is 26.6 Å². The smallest absolute Gasteiger partial charge is 0.406 e. The van der Waals surface area contributed by atoms with Crippen LogP contribution in [0.3, 0.4) is 0 Å². The molecule has 148 valence electrons. The quantitative estimate of drug-likeness (QED) is 0.714. The summed E-state index contributed by atoms with van der Waals surface area (Å²) in [5.41, 5.74) is 7.19. The van der Waals surface area contributed by atoms with Gasteiger partial charge in [-0.05, 0) is 29.8 Å². The molecule has 0 saturated carbocycles. The van der Waals surface area contributed by atoms with E-state index in [4.69, 9.17) is 5.73 Å². The summed E-state index contributed by atoms with van der Waals surface area (Å²) in [6.07, 6.45) is -3.14. The molecule has 0 saturated heterocycles. The summed E-state index contributed by atoms with van der Waals surface area (Å²) in [6.45, 7) is 4.00. The molecule has 0 aliphatic carbocycles. The second-order valence-corrected chi connectivity index (χ2v) is 5.39. The molecular weight excluding hydrogens is 373 g/mol. The van der Waals surface area contributed by atoms with Gasteiger partial charge in [0.05, 0.1) is 12.1 Å². The minimum absolute atomic E-state index is 0.147. The number of hydrogen-bond acceptors (Lipinski definition) is 4. The van der Waals surface area contributed by atoms with Crippen LogP contribution in [0.2, 0.25) is 0 Å². The van der Waals surface area contributed by atoms with Crippen molar-refractivity contribution in [1.82, 2.24) is 14.8 Å². The molecule has 9 heteroatoms. The summed E-state index contributed by atoms with van der Waals surface area (Å²) in [7, 11) is 0. The van der Waals surface area contributed by atoms with Crippen LogP contribution in [-0.4, -0.2) is 27.0 Å². The van der Waals surface area contributed by atoms with Crippen LogP contribution in [0.4, 0.5) is 13.2 Å². The molecule has 2 aromatic carbocycles. The van der Waals surface area contributed by atoms with Crippen molar-refractivity contribution < 1.29 is 22.7 Å². The summed E-state index contributed by atoms with van der Waals surface area (Å²) in [4.78, 5) is 15.1. The maximum Gasteiger partial charge on any atom is 0.573 e. The number of primary amides is 1. The van der Waals surface area contributed by atoms with Gasteiger partial charge in [0, 0.05) is 5.56 Å². The van der Waals surface area contributed by atoms with E-state index in [1.54, 1.807) is 24.3 Å². The van der Waals surface area contributed by atoms with Gasteiger partial charge in [0.15, 0.2) is 5.82 Å². The second kappa shape index (κ2) is 9.03. The van der Waals surface area contributed by atoms with Gasteiger partial charge < -0.3 is 10.5 Å². The number of carbonyl (C=O) groups is 1. The van der Waals surface area contributed by atoms with Crippen LogP contribution in [0.1, 0.15) is 19.4 Å². The zero-order valence-electron chi connectivity index (χ0n) is 15.3. The van der Waals surface area contributed by atoms with Crippen LogP contribution < -0.4 is 10.5 Å². The molecule has 0 atom stereocenters. The van der Waals surface area contributed by atoms with Crippen molar-refractivity contribution >= 4 is 5.91 Å². The van der Waals surface area contributed by atoms with Gasteiger partial charge in [-0.3, -0.25) is 4.79 Å². The molecule has 0 fully saturated rings. The molecule has 3 aromatic rings. The van der Waals surface area contributed by atoms with Gasteiger partial charge in [-0.1, -0.05) is 38.1 Å². The number of carbonyl (C=O) groups excluding carboxylic acids is 1. The number of alkyl halides is 3. The zero-order valence-corrected chi connectivity index (χ0v) is 15.3. The number of benzene rings is 2. The topological polar surface area (TPSA) is 83.0 Å². The lowest BCUT2D eigenvalue weighted by atomic mass is 10.1. The number of aromatic nitrogens is 3. The number of nitrogens with two attached hydrogens (primary N) is 1. The van der Waals surface area contributed by atoms with Gasteiger partial charge in [-0.15, -0.1) is 18.3 Å². The Morgan fingerprint density at radius 3 is 2.21 bits per heavy atom. The monoisotopic (exact) mass is 392 g/mol. The van der Waals surface area contributed by atoms with E-state index >= 15 is 0 Å². The maximum absolute atomic E-state index is 12.2. The van der Waals surface area contributed by atoms with Gasteiger partial charge in [-0.2, -0.15) is 0 Å². The van der Waals surface area contributed by atoms with Crippen LogP contribution in [0, 0.1) is 0 Å². The van der Waals surface area contributed by atoms with Crippen LogP contribution in [0.5, 0.6) is 5.75 Å². The average Bonchev–Trinajstić information content (AvgIpc) is 3.13. The lowest BCUT2D eigenvalue weighted by Gasteiger charge is -2.09. The average molecular weight is 392 g/mol. The summed E-state index contributed by atoms with van der Waals surface area (Å²) in [5.74, 6) is -0.295. The van der Waals surface area contributed by atoms with Gasteiger partial charge >= 0.3 is 6.36 Å². The van der Waals surface area contributed by atoms with Crippen LogP contribution >= 0.6 is 0 Å². The van der Waals surface area contributed by atoms with E-state index in [1.165, 1.54) is 35.3 Å². The molecule has 2 N–H and O–H groups in total. The van der Waals surface area contributed by atoms with E-state index in [0.717, 1.165) is 11.1 Å². The second-order valence-electron chi connectivity index (χ2n) is 5.39. The Balaban J connectivity index is 0.00000136. The highest BCUT2D eigenvalue weighted by Crippen LogP contribution is 2.24. The summed E-state index contributed by atoms with van der Waals surface area (Å²) in [5, 5.41) is 4.30. The predicted octanol–water partition coefficient (Wildman–Crippen LogP) is 3.89. The van der Waals surface area contributed by atoms with Crippen molar-refractivity contribution in [1.29, 1.82) is 0 Å².